The zero-order valence-electron chi connectivity index (χ0n) is 16.2. The third-order valence-electron chi connectivity index (χ3n) is 4.80. The lowest BCUT2D eigenvalue weighted by molar-refractivity contribution is 0.627. The van der Waals surface area contributed by atoms with Gasteiger partial charge < -0.3 is 5.32 Å². The highest BCUT2D eigenvalue weighted by Crippen LogP contribution is 2.31. The molecule has 6 heteroatoms. The fraction of sp³-hybridized carbons (Fsp3) is 0.174. The number of hydrogen-bond acceptors (Lipinski definition) is 5. The van der Waals surface area contributed by atoms with Crippen molar-refractivity contribution in [3.63, 3.8) is 0 Å². The molecule has 0 amide bonds. The minimum absolute atomic E-state index is 0.121. The van der Waals surface area contributed by atoms with E-state index < -0.39 is 0 Å². The summed E-state index contributed by atoms with van der Waals surface area (Å²) in [5, 5.41) is 4.17. The summed E-state index contributed by atoms with van der Waals surface area (Å²) in [5.41, 5.74) is 3.90. The van der Waals surface area contributed by atoms with Crippen molar-refractivity contribution in [2.24, 2.45) is 9.98 Å². The Morgan fingerprint density at radius 3 is 2.52 bits per heavy atom. The summed E-state index contributed by atoms with van der Waals surface area (Å²) >= 11 is 1.50. The van der Waals surface area contributed by atoms with Crippen LogP contribution in [-0.4, -0.2) is 22.1 Å². The van der Waals surface area contributed by atoms with Gasteiger partial charge in [-0.05, 0) is 48.6 Å². The number of pyridine rings is 1. The van der Waals surface area contributed by atoms with Crippen molar-refractivity contribution in [3.05, 3.63) is 95.4 Å². The molecule has 0 spiro atoms. The van der Waals surface area contributed by atoms with Crippen molar-refractivity contribution in [3.8, 4) is 0 Å². The number of rotatable bonds is 5. The summed E-state index contributed by atoms with van der Waals surface area (Å²) in [6, 6.07) is 20.5. The maximum atomic E-state index is 13.4. The number of hydrogen-bond donors (Lipinski definition) is 1. The Kier molecular flexibility index (Phi) is 5.71. The molecule has 1 aliphatic rings. The van der Waals surface area contributed by atoms with Crippen LogP contribution in [0, 0.1) is 5.82 Å². The van der Waals surface area contributed by atoms with Crippen LogP contribution in [0.15, 0.2) is 82.9 Å². The van der Waals surface area contributed by atoms with Gasteiger partial charge in [0.2, 0.25) is 0 Å². The molecule has 0 saturated heterocycles. The number of halogens is 1. The number of aromatic nitrogens is 1. The van der Waals surface area contributed by atoms with Gasteiger partial charge in [-0.15, -0.1) is 0 Å². The molecular weight excluding hydrogens is 383 g/mol. The van der Waals surface area contributed by atoms with Crippen molar-refractivity contribution >= 4 is 28.5 Å². The molecule has 3 aromatic rings. The zero-order chi connectivity index (χ0) is 20.2. The van der Waals surface area contributed by atoms with E-state index in [9.17, 15) is 4.39 Å². The Morgan fingerprint density at radius 1 is 1.03 bits per heavy atom. The maximum Gasteiger partial charge on any atom is 0.183 e. The Hall–Kier alpha value is -2.99. The van der Waals surface area contributed by atoms with E-state index in [1.165, 1.54) is 29.5 Å². The molecule has 1 aliphatic heterocycles. The number of nitrogens with zero attached hydrogens (tertiary/aromatic N) is 3. The lowest BCUT2D eigenvalue weighted by atomic mass is 9.98. The summed E-state index contributed by atoms with van der Waals surface area (Å²) < 4.78 is 13.4. The fourth-order valence-corrected chi connectivity index (χ4v) is 3.68. The minimum Gasteiger partial charge on any atom is -0.364 e. The molecule has 2 aromatic carbocycles. The highest BCUT2D eigenvalue weighted by Gasteiger charge is 2.26. The first-order chi connectivity index (χ1) is 14.1. The molecule has 0 aliphatic carbocycles. The van der Waals surface area contributed by atoms with E-state index in [1.807, 2.05) is 36.6 Å². The Morgan fingerprint density at radius 2 is 1.79 bits per heavy atom. The summed E-state index contributed by atoms with van der Waals surface area (Å²) in [5.74, 6) is 0.515. The molecule has 2 atom stereocenters. The van der Waals surface area contributed by atoms with Crippen LogP contribution in [-0.2, 0) is 0 Å². The smallest absolute Gasteiger partial charge is 0.183 e. The van der Waals surface area contributed by atoms with Crippen LogP contribution in [0.25, 0.3) is 0 Å². The number of benzene rings is 2. The monoisotopic (exact) mass is 404 g/mol. The van der Waals surface area contributed by atoms with Gasteiger partial charge in [0.25, 0.3) is 0 Å². The molecule has 0 bridgehead atoms. The predicted octanol–water partition coefficient (Wildman–Crippen LogP) is 5.66. The van der Waals surface area contributed by atoms with Crippen LogP contribution in [0.2, 0.25) is 0 Å². The molecule has 29 heavy (non-hydrogen) atoms. The number of aliphatic imine (C=N–C) groups is 2. The molecule has 1 N–H and O–H groups in total. The fourth-order valence-electron chi connectivity index (χ4n) is 3.28. The molecule has 0 radical (unpaired) electrons. The molecule has 4 rings (SSSR count). The van der Waals surface area contributed by atoms with Crippen LogP contribution < -0.4 is 5.32 Å². The molecule has 4 nitrogen and oxygen atoms in total. The van der Waals surface area contributed by atoms with Gasteiger partial charge in [-0.2, -0.15) is 0 Å². The molecule has 146 valence electrons. The van der Waals surface area contributed by atoms with Crippen LogP contribution in [0.4, 0.5) is 10.2 Å². The third-order valence-corrected chi connectivity index (χ3v) is 5.36. The second-order valence-corrected chi connectivity index (χ2v) is 7.55. The van der Waals surface area contributed by atoms with Gasteiger partial charge in [-0.3, -0.25) is 0 Å². The molecule has 1 aromatic heterocycles. The van der Waals surface area contributed by atoms with Crippen LogP contribution >= 0.6 is 11.8 Å². The lowest BCUT2D eigenvalue weighted by Gasteiger charge is -2.16. The van der Waals surface area contributed by atoms with Crippen molar-refractivity contribution < 1.29 is 4.39 Å². The zero-order valence-corrected chi connectivity index (χ0v) is 17.0. The summed E-state index contributed by atoms with van der Waals surface area (Å²) in [6.07, 6.45) is 3.73. The van der Waals surface area contributed by atoms with Gasteiger partial charge in [0.1, 0.15) is 17.7 Å². The number of thioether (sulfide) groups is 1. The number of amidine groups is 1. The summed E-state index contributed by atoms with van der Waals surface area (Å²) in [4.78, 5) is 13.9. The van der Waals surface area contributed by atoms with E-state index in [0.717, 1.165) is 27.8 Å². The molecule has 0 saturated carbocycles. The van der Waals surface area contributed by atoms with Gasteiger partial charge in [0, 0.05) is 17.8 Å². The van der Waals surface area contributed by atoms with Gasteiger partial charge in [-0.1, -0.05) is 54.2 Å². The standard InChI is InChI=1S/C23H21FN4S/c1-15(16-6-4-3-5-7-16)26-20-14-18(12-13-25-20)22-21(27-23(28-22)29-2)17-8-10-19(24)11-9-17/h3-15,21H,1-2H3,(H,25,26)/t15-,21-/m0/s1. The topological polar surface area (TPSA) is 49.6 Å². The van der Waals surface area contributed by atoms with Crippen LogP contribution in [0.1, 0.15) is 35.7 Å². The normalized spacial score (nSPS) is 16.9. The largest absolute Gasteiger partial charge is 0.364 e. The highest BCUT2D eigenvalue weighted by molar-refractivity contribution is 8.13. The van der Waals surface area contributed by atoms with Crippen molar-refractivity contribution in [1.29, 1.82) is 0 Å². The third kappa shape index (κ3) is 4.38. The van der Waals surface area contributed by atoms with E-state index in [4.69, 9.17) is 9.98 Å². The summed E-state index contributed by atoms with van der Waals surface area (Å²) in [7, 11) is 0. The van der Waals surface area contributed by atoms with E-state index in [-0.39, 0.29) is 17.9 Å². The van der Waals surface area contributed by atoms with Crippen LogP contribution in [0.3, 0.4) is 0 Å². The van der Waals surface area contributed by atoms with E-state index in [2.05, 4.69) is 29.4 Å². The van der Waals surface area contributed by atoms with E-state index in [1.54, 1.807) is 18.3 Å². The average Bonchev–Trinajstić information content (AvgIpc) is 3.20. The quantitative estimate of drug-likeness (QED) is 0.597. The van der Waals surface area contributed by atoms with Crippen molar-refractivity contribution in [2.75, 3.05) is 11.6 Å². The van der Waals surface area contributed by atoms with Gasteiger partial charge >= 0.3 is 0 Å². The van der Waals surface area contributed by atoms with Gasteiger partial charge in [0.15, 0.2) is 5.17 Å². The minimum atomic E-state index is -0.260. The highest BCUT2D eigenvalue weighted by atomic mass is 32.2. The molecular formula is C23H21FN4S. The predicted molar refractivity (Wildman–Crippen MR) is 119 cm³/mol. The maximum absolute atomic E-state index is 13.4. The first-order valence-electron chi connectivity index (χ1n) is 9.38. The first-order valence-corrected chi connectivity index (χ1v) is 10.6. The Labute approximate surface area is 174 Å². The van der Waals surface area contributed by atoms with Gasteiger partial charge in [0.05, 0.1) is 5.71 Å². The van der Waals surface area contributed by atoms with Crippen molar-refractivity contribution in [1.82, 2.24) is 4.98 Å². The van der Waals surface area contributed by atoms with E-state index in [0.29, 0.717) is 0 Å². The summed E-state index contributed by atoms with van der Waals surface area (Å²) in [6.45, 7) is 2.10. The first kappa shape index (κ1) is 19.3. The average molecular weight is 405 g/mol. The SMILES string of the molecule is CSC1=N[C@@H](c2ccc(F)cc2)C(c2ccnc(N[C@@H](C)c3ccccc3)c2)=N1. The molecule has 2 heterocycles. The van der Waals surface area contributed by atoms with Crippen LogP contribution in [0.5, 0.6) is 0 Å². The number of anilines is 1. The van der Waals surface area contributed by atoms with Crippen molar-refractivity contribution in [2.45, 2.75) is 19.0 Å². The second-order valence-electron chi connectivity index (χ2n) is 6.77. The Bertz CT molecular complexity index is 1050. The van der Waals surface area contributed by atoms with E-state index >= 15 is 0 Å². The number of nitrogens with one attached hydrogen (secondary N) is 1. The molecule has 0 unspecified atom stereocenters. The molecule has 0 fully saturated rings. The van der Waals surface area contributed by atoms with Gasteiger partial charge in [-0.25, -0.2) is 19.4 Å². The second kappa shape index (κ2) is 8.57. The lowest BCUT2D eigenvalue weighted by Crippen LogP contribution is -2.12. The Balaban J connectivity index is 1.61.